The summed E-state index contributed by atoms with van der Waals surface area (Å²) in [6.45, 7) is 2.85. The lowest BCUT2D eigenvalue weighted by Crippen LogP contribution is -2.49. The number of carbonyl (C=O) groups is 1. The van der Waals surface area contributed by atoms with Crippen LogP contribution in [0.4, 0.5) is 10.1 Å². The minimum atomic E-state index is -0.231. The van der Waals surface area contributed by atoms with Crippen molar-refractivity contribution in [2.24, 2.45) is 0 Å². The number of benzene rings is 1. The summed E-state index contributed by atoms with van der Waals surface area (Å²) in [7, 11) is 0. The highest BCUT2D eigenvalue weighted by Crippen LogP contribution is 2.19. The van der Waals surface area contributed by atoms with Crippen LogP contribution in [0.1, 0.15) is 5.69 Å². The maximum atomic E-state index is 13.0. The first-order chi connectivity index (χ1) is 12.7. The first-order valence-corrected chi connectivity index (χ1v) is 9.43. The van der Waals surface area contributed by atoms with E-state index in [1.165, 1.54) is 23.5 Å². The van der Waals surface area contributed by atoms with E-state index < -0.39 is 0 Å². The molecule has 1 aliphatic rings. The molecule has 134 valence electrons. The van der Waals surface area contributed by atoms with Gasteiger partial charge >= 0.3 is 0 Å². The molecule has 0 bridgehead atoms. The fourth-order valence-electron chi connectivity index (χ4n) is 3.09. The molecule has 1 aromatic carbocycles. The average Bonchev–Trinajstić information content (AvgIpc) is 3.34. The van der Waals surface area contributed by atoms with Gasteiger partial charge in [-0.3, -0.25) is 4.79 Å². The van der Waals surface area contributed by atoms with Crippen LogP contribution in [0.2, 0.25) is 0 Å². The normalized spacial score (nSPS) is 14.7. The number of nitrogens with zero attached hydrogens (tertiary/aromatic N) is 4. The number of hydrogen-bond donors (Lipinski definition) is 0. The second-order valence-electron chi connectivity index (χ2n) is 6.23. The van der Waals surface area contributed by atoms with Crippen LogP contribution in [-0.2, 0) is 11.2 Å². The molecule has 0 saturated carbocycles. The Hall–Kier alpha value is -2.67. The number of aromatic nitrogens is 2. The smallest absolute Gasteiger partial charge is 0.228 e. The van der Waals surface area contributed by atoms with Gasteiger partial charge in [0.15, 0.2) is 5.13 Å². The van der Waals surface area contributed by atoms with Crippen LogP contribution in [-0.4, -0.2) is 46.5 Å². The van der Waals surface area contributed by atoms with Crippen molar-refractivity contribution in [3.05, 3.63) is 65.7 Å². The number of thiazole rings is 1. The Labute approximate surface area is 155 Å². The first kappa shape index (κ1) is 16.8. The zero-order chi connectivity index (χ0) is 17.9. The third-order valence-corrected chi connectivity index (χ3v) is 5.42. The molecular formula is C19H19FN4OS. The Morgan fingerprint density at radius 2 is 1.77 bits per heavy atom. The lowest BCUT2D eigenvalue weighted by Gasteiger charge is -2.36. The maximum absolute atomic E-state index is 13.0. The molecular weight excluding hydrogens is 351 g/mol. The van der Waals surface area contributed by atoms with Gasteiger partial charge in [-0.15, -0.1) is 11.3 Å². The van der Waals surface area contributed by atoms with E-state index >= 15 is 0 Å². The highest BCUT2D eigenvalue weighted by Gasteiger charge is 2.22. The Morgan fingerprint density at radius 1 is 1.08 bits per heavy atom. The van der Waals surface area contributed by atoms with E-state index in [1.807, 2.05) is 39.4 Å². The molecule has 0 radical (unpaired) electrons. The van der Waals surface area contributed by atoms with E-state index in [4.69, 9.17) is 0 Å². The predicted octanol–water partition coefficient (Wildman–Crippen LogP) is 2.96. The van der Waals surface area contributed by atoms with Crippen molar-refractivity contribution in [3.8, 4) is 5.13 Å². The zero-order valence-electron chi connectivity index (χ0n) is 14.2. The van der Waals surface area contributed by atoms with Crippen LogP contribution in [0.5, 0.6) is 0 Å². The lowest BCUT2D eigenvalue weighted by atomic mass is 10.2. The molecule has 0 aliphatic carbocycles. The Kier molecular flexibility index (Phi) is 4.71. The van der Waals surface area contributed by atoms with Crippen molar-refractivity contribution >= 4 is 22.9 Å². The summed E-state index contributed by atoms with van der Waals surface area (Å²) in [5, 5.41) is 2.82. The summed E-state index contributed by atoms with van der Waals surface area (Å²) in [6, 6.07) is 10.4. The number of hydrogen-bond acceptors (Lipinski definition) is 4. The monoisotopic (exact) mass is 370 g/mol. The highest BCUT2D eigenvalue weighted by atomic mass is 32.1. The Balaban J connectivity index is 1.33. The summed E-state index contributed by atoms with van der Waals surface area (Å²) in [5.41, 5.74) is 1.80. The van der Waals surface area contributed by atoms with Gasteiger partial charge in [0.25, 0.3) is 0 Å². The Morgan fingerprint density at radius 3 is 2.46 bits per heavy atom. The topological polar surface area (TPSA) is 41.4 Å². The van der Waals surface area contributed by atoms with Crippen LogP contribution < -0.4 is 4.90 Å². The molecule has 5 nitrogen and oxygen atoms in total. The fourth-order valence-corrected chi connectivity index (χ4v) is 3.88. The van der Waals surface area contributed by atoms with Crippen molar-refractivity contribution < 1.29 is 9.18 Å². The van der Waals surface area contributed by atoms with Gasteiger partial charge in [0.1, 0.15) is 5.82 Å². The van der Waals surface area contributed by atoms with Gasteiger partial charge in [-0.05, 0) is 36.4 Å². The molecule has 1 saturated heterocycles. The first-order valence-electron chi connectivity index (χ1n) is 8.55. The second-order valence-corrected chi connectivity index (χ2v) is 7.07. The molecule has 0 atom stereocenters. The molecule has 3 heterocycles. The molecule has 0 spiro atoms. The third kappa shape index (κ3) is 3.62. The van der Waals surface area contributed by atoms with E-state index in [1.54, 1.807) is 12.1 Å². The SMILES string of the molecule is O=C(Cc1csc(-n2cccc2)n1)N1CCN(c2ccc(F)cc2)CC1. The summed E-state index contributed by atoms with van der Waals surface area (Å²) >= 11 is 1.54. The fraction of sp³-hybridized carbons (Fsp3) is 0.263. The third-order valence-electron chi connectivity index (χ3n) is 4.52. The van der Waals surface area contributed by atoms with Gasteiger partial charge in [0, 0.05) is 49.6 Å². The van der Waals surface area contributed by atoms with Crippen molar-refractivity contribution in [2.75, 3.05) is 31.1 Å². The van der Waals surface area contributed by atoms with Crippen LogP contribution >= 0.6 is 11.3 Å². The van der Waals surface area contributed by atoms with E-state index in [2.05, 4.69) is 9.88 Å². The highest BCUT2D eigenvalue weighted by molar-refractivity contribution is 7.12. The summed E-state index contributed by atoms with van der Waals surface area (Å²) in [6.07, 6.45) is 4.21. The molecule has 7 heteroatoms. The average molecular weight is 370 g/mol. The number of amides is 1. The van der Waals surface area contributed by atoms with Gasteiger partial charge < -0.3 is 14.4 Å². The van der Waals surface area contributed by atoms with Crippen LogP contribution in [0.3, 0.4) is 0 Å². The van der Waals surface area contributed by atoms with E-state index in [0.29, 0.717) is 19.5 Å². The van der Waals surface area contributed by atoms with Gasteiger partial charge in [-0.25, -0.2) is 9.37 Å². The van der Waals surface area contributed by atoms with Gasteiger partial charge in [-0.1, -0.05) is 0 Å². The quantitative estimate of drug-likeness (QED) is 0.709. The van der Waals surface area contributed by atoms with Crippen LogP contribution in [0.25, 0.3) is 5.13 Å². The van der Waals surface area contributed by atoms with E-state index in [-0.39, 0.29) is 11.7 Å². The standard InChI is InChI=1S/C19H19FN4OS/c20-15-3-5-17(6-4-15)22-9-11-23(12-10-22)18(25)13-16-14-26-19(21-16)24-7-1-2-8-24/h1-8,14H,9-13H2. The molecule has 0 N–H and O–H groups in total. The molecule has 0 unspecified atom stereocenters. The molecule has 2 aromatic heterocycles. The van der Waals surface area contributed by atoms with E-state index in [0.717, 1.165) is 29.6 Å². The summed E-state index contributed by atoms with van der Waals surface area (Å²) in [5.74, 6) is -0.127. The molecule has 4 rings (SSSR count). The number of carbonyl (C=O) groups excluding carboxylic acids is 1. The van der Waals surface area contributed by atoms with Crippen molar-refractivity contribution in [2.45, 2.75) is 6.42 Å². The van der Waals surface area contributed by atoms with Gasteiger partial charge in [-0.2, -0.15) is 0 Å². The second kappa shape index (κ2) is 7.29. The Bertz CT molecular complexity index is 867. The number of piperazine rings is 1. The van der Waals surface area contributed by atoms with Gasteiger partial charge in [0.2, 0.25) is 5.91 Å². The minimum Gasteiger partial charge on any atom is -0.368 e. The number of rotatable bonds is 4. The van der Waals surface area contributed by atoms with E-state index in [9.17, 15) is 9.18 Å². The largest absolute Gasteiger partial charge is 0.368 e. The van der Waals surface area contributed by atoms with Crippen molar-refractivity contribution in [3.63, 3.8) is 0 Å². The lowest BCUT2D eigenvalue weighted by molar-refractivity contribution is -0.130. The molecule has 26 heavy (non-hydrogen) atoms. The zero-order valence-corrected chi connectivity index (χ0v) is 15.0. The van der Waals surface area contributed by atoms with Crippen molar-refractivity contribution in [1.82, 2.24) is 14.5 Å². The maximum Gasteiger partial charge on any atom is 0.228 e. The molecule has 1 aliphatic heterocycles. The van der Waals surface area contributed by atoms with Crippen molar-refractivity contribution in [1.29, 1.82) is 0 Å². The molecule has 3 aromatic rings. The van der Waals surface area contributed by atoms with Crippen LogP contribution in [0, 0.1) is 5.82 Å². The molecule has 1 amide bonds. The minimum absolute atomic E-state index is 0.105. The number of halogens is 1. The summed E-state index contributed by atoms with van der Waals surface area (Å²) in [4.78, 5) is 21.2. The number of anilines is 1. The molecule has 1 fully saturated rings. The van der Waals surface area contributed by atoms with Gasteiger partial charge in [0.05, 0.1) is 12.1 Å². The predicted molar refractivity (Wildman–Crippen MR) is 100 cm³/mol. The summed E-state index contributed by atoms with van der Waals surface area (Å²) < 4.78 is 15.0. The van der Waals surface area contributed by atoms with Crippen LogP contribution in [0.15, 0.2) is 54.2 Å².